The van der Waals surface area contributed by atoms with Crippen molar-refractivity contribution in [1.82, 2.24) is 10.2 Å². The molecule has 3 rings (SSSR count). The van der Waals surface area contributed by atoms with Crippen molar-refractivity contribution in [2.75, 3.05) is 18.8 Å². The summed E-state index contributed by atoms with van der Waals surface area (Å²) in [7, 11) is 0. The zero-order valence-electron chi connectivity index (χ0n) is 12.3. The number of fused-ring (bicyclic) bond motifs is 1. The second-order valence-electron chi connectivity index (χ2n) is 6.14. The lowest BCUT2D eigenvalue weighted by Gasteiger charge is -2.22. The Morgan fingerprint density at radius 2 is 2.05 bits per heavy atom. The number of carbonyl (C=O) groups excluding carboxylic acids is 1. The van der Waals surface area contributed by atoms with Gasteiger partial charge in [-0.2, -0.15) is 0 Å². The van der Waals surface area contributed by atoms with Gasteiger partial charge in [-0.15, -0.1) is 0 Å². The highest BCUT2D eigenvalue weighted by Gasteiger charge is 2.37. The Hall–Kier alpha value is -1.55. The number of anilines is 1. The van der Waals surface area contributed by atoms with E-state index in [0.717, 1.165) is 24.1 Å². The molecular weight excluding hydrogens is 250 g/mol. The number of hydrogen-bond acceptors (Lipinski definition) is 3. The van der Waals surface area contributed by atoms with E-state index >= 15 is 0 Å². The number of nitrogens with two attached hydrogens (primary N) is 1. The highest BCUT2D eigenvalue weighted by atomic mass is 16.1. The van der Waals surface area contributed by atoms with Crippen molar-refractivity contribution in [2.45, 2.75) is 45.2 Å². The lowest BCUT2D eigenvalue weighted by Crippen LogP contribution is -2.42. The molecule has 2 heterocycles. The predicted octanol–water partition coefficient (Wildman–Crippen LogP) is 1.85. The first-order chi connectivity index (χ1) is 9.56. The number of rotatable bonds is 2. The molecule has 2 aliphatic heterocycles. The number of amides is 1. The minimum absolute atomic E-state index is 0.0212. The molecule has 4 nitrogen and oxygen atoms in total. The molecule has 0 aliphatic carbocycles. The zero-order chi connectivity index (χ0) is 14.3. The van der Waals surface area contributed by atoms with Gasteiger partial charge in [0.25, 0.3) is 5.91 Å². The lowest BCUT2D eigenvalue weighted by molar-refractivity contribution is 0.0929. The molecule has 1 aromatic carbocycles. The third kappa shape index (κ3) is 2.29. The van der Waals surface area contributed by atoms with Gasteiger partial charge in [0.2, 0.25) is 0 Å². The SMILES string of the molecule is Cc1cc(C)c(C(=O)NC2CCN3CCCC23)cc1N. The monoisotopic (exact) mass is 273 g/mol. The average Bonchev–Trinajstić information content (AvgIpc) is 2.98. The molecule has 0 bridgehead atoms. The molecule has 0 aromatic heterocycles. The van der Waals surface area contributed by atoms with Crippen LogP contribution in [0.25, 0.3) is 0 Å². The average molecular weight is 273 g/mol. The molecule has 0 spiro atoms. The van der Waals surface area contributed by atoms with Crippen LogP contribution in [-0.2, 0) is 0 Å². The van der Waals surface area contributed by atoms with E-state index in [1.54, 1.807) is 6.07 Å². The van der Waals surface area contributed by atoms with Crippen LogP contribution in [0.4, 0.5) is 5.69 Å². The van der Waals surface area contributed by atoms with Crippen molar-refractivity contribution < 1.29 is 4.79 Å². The highest BCUT2D eigenvalue weighted by molar-refractivity contribution is 5.97. The first kappa shape index (κ1) is 13.4. The molecule has 1 aromatic rings. The second-order valence-corrected chi connectivity index (χ2v) is 6.14. The molecule has 2 fully saturated rings. The number of nitrogens with zero attached hydrogens (tertiary/aromatic N) is 1. The van der Waals surface area contributed by atoms with Crippen LogP contribution in [0.3, 0.4) is 0 Å². The molecular formula is C16H23N3O. The van der Waals surface area contributed by atoms with E-state index in [0.29, 0.717) is 23.3 Å². The maximum atomic E-state index is 12.5. The maximum Gasteiger partial charge on any atom is 0.251 e. The van der Waals surface area contributed by atoms with Crippen LogP contribution in [0.5, 0.6) is 0 Å². The smallest absolute Gasteiger partial charge is 0.251 e. The van der Waals surface area contributed by atoms with Crippen LogP contribution in [-0.4, -0.2) is 36.0 Å². The Balaban J connectivity index is 1.75. The summed E-state index contributed by atoms with van der Waals surface area (Å²) < 4.78 is 0. The van der Waals surface area contributed by atoms with Crippen LogP contribution >= 0.6 is 0 Å². The summed E-state index contributed by atoms with van der Waals surface area (Å²) in [4.78, 5) is 15.0. The number of carbonyl (C=O) groups is 1. The van der Waals surface area contributed by atoms with Crippen LogP contribution in [0.1, 0.15) is 40.7 Å². The third-order valence-electron chi connectivity index (χ3n) is 4.78. The summed E-state index contributed by atoms with van der Waals surface area (Å²) in [6.07, 6.45) is 3.53. The number of aryl methyl sites for hydroxylation is 2. The van der Waals surface area contributed by atoms with Gasteiger partial charge in [-0.25, -0.2) is 0 Å². The minimum Gasteiger partial charge on any atom is -0.398 e. The Labute approximate surface area is 120 Å². The predicted molar refractivity (Wildman–Crippen MR) is 80.8 cm³/mol. The number of nitrogen functional groups attached to an aromatic ring is 1. The molecule has 2 unspecified atom stereocenters. The van der Waals surface area contributed by atoms with Crippen molar-refractivity contribution in [3.8, 4) is 0 Å². The fourth-order valence-corrected chi connectivity index (χ4v) is 3.61. The molecule has 2 atom stereocenters. The first-order valence-corrected chi connectivity index (χ1v) is 7.48. The molecule has 2 aliphatic rings. The molecule has 20 heavy (non-hydrogen) atoms. The zero-order valence-corrected chi connectivity index (χ0v) is 12.3. The molecule has 108 valence electrons. The van der Waals surface area contributed by atoms with Gasteiger partial charge in [-0.05, 0) is 56.8 Å². The van der Waals surface area contributed by atoms with Crippen molar-refractivity contribution >= 4 is 11.6 Å². The maximum absolute atomic E-state index is 12.5. The second kappa shape index (κ2) is 5.09. The van der Waals surface area contributed by atoms with E-state index in [1.807, 2.05) is 19.9 Å². The largest absolute Gasteiger partial charge is 0.398 e. The van der Waals surface area contributed by atoms with Crippen molar-refractivity contribution in [3.63, 3.8) is 0 Å². The van der Waals surface area contributed by atoms with Gasteiger partial charge in [-0.1, -0.05) is 6.07 Å². The van der Waals surface area contributed by atoms with Gasteiger partial charge in [-0.3, -0.25) is 9.69 Å². The van der Waals surface area contributed by atoms with Crippen molar-refractivity contribution in [2.24, 2.45) is 0 Å². The Morgan fingerprint density at radius 3 is 2.85 bits per heavy atom. The molecule has 4 heteroatoms. The molecule has 3 N–H and O–H groups in total. The quantitative estimate of drug-likeness (QED) is 0.809. The standard InChI is InChI=1S/C16H23N3O/c1-10-8-11(2)13(17)9-12(10)16(20)18-14-5-7-19-6-3-4-15(14)19/h8-9,14-15H,3-7,17H2,1-2H3,(H,18,20). The topological polar surface area (TPSA) is 58.4 Å². The van der Waals surface area contributed by atoms with Gasteiger partial charge in [0, 0.05) is 29.9 Å². The summed E-state index contributed by atoms with van der Waals surface area (Å²) in [5.74, 6) is 0.0212. The van der Waals surface area contributed by atoms with E-state index < -0.39 is 0 Å². The third-order valence-corrected chi connectivity index (χ3v) is 4.78. The molecule has 1 amide bonds. The summed E-state index contributed by atoms with van der Waals surface area (Å²) in [5, 5.41) is 3.22. The Bertz CT molecular complexity index is 541. The fraction of sp³-hybridized carbons (Fsp3) is 0.562. The number of benzene rings is 1. The molecule has 0 radical (unpaired) electrons. The minimum atomic E-state index is 0.0212. The van der Waals surface area contributed by atoms with Gasteiger partial charge in [0.1, 0.15) is 0 Å². The van der Waals surface area contributed by atoms with Crippen LogP contribution in [0, 0.1) is 13.8 Å². The number of nitrogens with one attached hydrogen (secondary N) is 1. The van der Waals surface area contributed by atoms with Crippen molar-refractivity contribution in [3.05, 3.63) is 28.8 Å². The van der Waals surface area contributed by atoms with Gasteiger partial charge >= 0.3 is 0 Å². The summed E-state index contributed by atoms with van der Waals surface area (Å²) in [6, 6.07) is 4.64. The summed E-state index contributed by atoms with van der Waals surface area (Å²) >= 11 is 0. The van der Waals surface area contributed by atoms with E-state index in [1.165, 1.54) is 19.4 Å². The van der Waals surface area contributed by atoms with E-state index in [-0.39, 0.29) is 5.91 Å². The summed E-state index contributed by atoms with van der Waals surface area (Å²) in [6.45, 7) is 6.24. The lowest BCUT2D eigenvalue weighted by atomic mass is 10.0. The van der Waals surface area contributed by atoms with Crippen molar-refractivity contribution in [1.29, 1.82) is 0 Å². The van der Waals surface area contributed by atoms with Crippen LogP contribution < -0.4 is 11.1 Å². The van der Waals surface area contributed by atoms with Gasteiger partial charge in [0.05, 0.1) is 0 Å². The Kier molecular flexibility index (Phi) is 3.42. The summed E-state index contributed by atoms with van der Waals surface area (Å²) in [5.41, 5.74) is 9.36. The van der Waals surface area contributed by atoms with E-state index in [2.05, 4.69) is 10.2 Å². The highest BCUT2D eigenvalue weighted by Crippen LogP contribution is 2.28. The molecule has 0 saturated carbocycles. The van der Waals surface area contributed by atoms with Crippen LogP contribution in [0.15, 0.2) is 12.1 Å². The fourth-order valence-electron chi connectivity index (χ4n) is 3.61. The van der Waals surface area contributed by atoms with Gasteiger partial charge < -0.3 is 11.1 Å². The Morgan fingerprint density at radius 1 is 1.25 bits per heavy atom. The number of hydrogen-bond donors (Lipinski definition) is 2. The van der Waals surface area contributed by atoms with Gasteiger partial charge in [0.15, 0.2) is 0 Å². The van der Waals surface area contributed by atoms with E-state index in [9.17, 15) is 4.79 Å². The van der Waals surface area contributed by atoms with E-state index in [4.69, 9.17) is 5.73 Å². The normalized spacial score (nSPS) is 25.7. The van der Waals surface area contributed by atoms with Crippen LogP contribution in [0.2, 0.25) is 0 Å². The first-order valence-electron chi connectivity index (χ1n) is 7.48. The molecule has 2 saturated heterocycles.